The first-order chi connectivity index (χ1) is 8.20. The van der Waals surface area contributed by atoms with Crippen LogP contribution in [0, 0.1) is 11.8 Å². The van der Waals surface area contributed by atoms with Crippen LogP contribution < -0.4 is 0 Å². The van der Waals surface area contributed by atoms with Crippen LogP contribution >= 0.6 is 27.7 Å². The van der Waals surface area contributed by atoms with Gasteiger partial charge in [-0.05, 0) is 24.0 Å². The maximum absolute atomic E-state index is 3.60. The number of fused-ring (bicyclic) bond motifs is 1. The van der Waals surface area contributed by atoms with E-state index in [2.05, 4.69) is 65.1 Å². The molecular formula is C14H18BrNS. The predicted octanol–water partition coefficient (Wildman–Crippen LogP) is 4.93. The lowest BCUT2D eigenvalue weighted by Crippen LogP contribution is -2.12. The molecule has 0 saturated carbocycles. The van der Waals surface area contributed by atoms with E-state index < -0.39 is 0 Å². The summed E-state index contributed by atoms with van der Waals surface area (Å²) in [5, 5.41) is 3.66. The summed E-state index contributed by atoms with van der Waals surface area (Å²) < 4.78 is 0. The predicted molar refractivity (Wildman–Crippen MR) is 81.1 cm³/mol. The number of rotatable bonds is 5. The summed E-state index contributed by atoms with van der Waals surface area (Å²) in [6.07, 6.45) is 0. The molecule has 3 heteroatoms. The Kier molecular flexibility index (Phi) is 4.57. The van der Waals surface area contributed by atoms with Crippen molar-refractivity contribution in [2.45, 2.75) is 18.9 Å². The summed E-state index contributed by atoms with van der Waals surface area (Å²) in [5.41, 5.74) is 1.23. The minimum Gasteiger partial charge on any atom is -0.350 e. The second-order valence-corrected chi connectivity index (χ2v) is 6.40. The number of nitrogens with one attached hydrogen (secondary N) is 1. The zero-order valence-electron chi connectivity index (χ0n) is 10.2. The van der Waals surface area contributed by atoms with Gasteiger partial charge in [-0.2, -0.15) is 0 Å². The second kappa shape index (κ2) is 5.96. The molecule has 2 rings (SSSR count). The number of hydrogen-bond acceptors (Lipinski definition) is 1. The van der Waals surface area contributed by atoms with Crippen LogP contribution in [0.5, 0.6) is 0 Å². The van der Waals surface area contributed by atoms with Gasteiger partial charge in [0.05, 0.1) is 5.03 Å². The molecule has 17 heavy (non-hydrogen) atoms. The van der Waals surface area contributed by atoms with Gasteiger partial charge in [-0.3, -0.25) is 0 Å². The minimum atomic E-state index is 0.728. The van der Waals surface area contributed by atoms with Crippen molar-refractivity contribution in [1.82, 2.24) is 4.98 Å². The Morgan fingerprint density at radius 2 is 2.06 bits per heavy atom. The molecular weight excluding hydrogens is 294 g/mol. The third-order valence-corrected chi connectivity index (χ3v) is 5.06. The Bertz CT molecular complexity index is 445. The van der Waals surface area contributed by atoms with Crippen LogP contribution in [0.3, 0.4) is 0 Å². The summed E-state index contributed by atoms with van der Waals surface area (Å²) >= 11 is 5.52. The van der Waals surface area contributed by atoms with E-state index in [0.717, 1.165) is 22.9 Å². The monoisotopic (exact) mass is 311 g/mol. The van der Waals surface area contributed by atoms with Crippen LogP contribution in [0.15, 0.2) is 35.4 Å². The van der Waals surface area contributed by atoms with E-state index in [4.69, 9.17) is 0 Å². The van der Waals surface area contributed by atoms with Crippen LogP contribution in [0.1, 0.15) is 13.8 Å². The lowest BCUT2D eigenvalue weighted by atomic mass is 10.0. The quantitative estimate of drug-likeness (QED) is 0.611. The molecule has 1 nitrogen and oxygen atoms in total. The molecule has 0 saturated heterocycles. The number of H-pyrrole nitrogens is 1. The standard InChI is InChI=1S/C14H18BrNS/c1-10(2)12(8-15)9-17-14-7-11-5-3-4-6-13(11)16-14/h3-7,10,12,16H,8-9H2,1-2H3. The SMILES string of the molecule is CC(C)C(CBr)CSc1cc2ccccc2[nH]1. The van der Waals surface area contributed by atoms with E-state index >= 15 is 0 Å². The molecule has 1 aromatic heterocycles. The van der Waals surface area contributed by atoms with E-state index in [9.17, 15) is 0 Å². The maximum Gasteiger partial charge on any atom is 0.0732 e. The topological polar surface area (TPSA) is 15.8 Å². The van der Waals surface area contributed by atoms with Crippen molar-refractivity contribution < 1.29 is 0 Å². The van der Waals surface area contributed by atoms with Gasteiger partial charge < -0.3 is 4.98 Å². The molecule has 1 N–H and O–H groups in total. The Morgan fingerprint density at radius 3 is 2.71 bits per heavy atom. The first-order valence-electron chi connectivity index (χ1n) is 5.97. The van der Waals surface area contributed by atoms with E-state index in [1.54, 1.807) is 0 Å². The fourth-order valence-electron chi connectivity index (χ4n) is 1.74. The molecule has 2 aromatic rings. The number of hydrogen-bond donors (Lipinski definition) is 1. The molecule has 0 radical (unpaired) electrons. The number of para-hydroxylation sites is 1. The number of benzene rings is 1. The highest BCUT2D eigenvalue weighted by Crippen LogP contribution is 2.27. The molecule has 0 spiro atoms. The van der Waals surface area contributed by atoms with E-state index in [1.165, 1.54) is 15.9 Å². The van der Waals surface area contributed by atoms with Crippen LogP contribution in [0.2, 0.25) is 0 Å². The molecule has 0 fully saturated rings. The van der Waals surface area contributed by atoms with Crippen molar-refractivity contribution in [3.8, 4) is 0 Å². The normalized spacial score (nSPS) is 13.4. The summed E-state index contributed by atoms with van der Waals surface area (Å²) in [6.45, 7) is 4.58. The van der Waals surface area contributed by atoms with Crippen molar-refractivity contribution in [3.63, 3.8) is 0 Å². The molecule has 0 bridgehead atoms. The zero-order valence-corrected chi connectivity index (χ0v) is 12.6. The largest absolute Gasteiger partial charge is 0.350 e. The first kappa shape index (κ1) is 13.0. The fourth-order valence-corrected chi connectivity index (χ4v) is 4.30. The Morgan fingerprint density at radius 1 is 1.29 bits per heavy atom. The average molecular weight is 312 g/mol. The summed E-state index contributed by atoms with van der Waals surface area (Å²) in [7, 11) is 0. The highest BCUT2D eigenvalue weighted by Gasteiger charge is 2.12. The summed E-state index contributed by atoms with van der Waals surface area (Å²) in [5.74, 6) is 2.62. The van der Waals surface area contributed by atoms with E-state index in [0.29, 0.717) is 0 Å². The molecule has 0 aliphatic heterocycles. The number of aromatic nitrogens is 1. The van der Waals surface area contributed by atoms with Gasteiger partial charge in [0.1, 0.15) is 0 Å². The number of alkyl halides is 1. The van der Waals surface area contributed by atoms with Crippen molar-refractivity contribution in [1.29, 1.82) is 0 Å². The molecule has 0 amide bonds. The number of aromatic amines is 1. The molecule has 0 aliphatic carbocycles. The highest BCUT2D eigenvalue weighted by atomic mass is 79.9. The van der Waals surface area contributed by atoms with Gasteiger partial charge in [0.25, 0.3) is 0 Å². The van der Waals surface area contributed by atoms with Gasteiger partial charge in [-0.25, -0.2) is 0 Å². The van der Waals surface area contributed by atoms with Gasteiger partial charge in [0.15, 0.2) is 0 Å². The third kappa shape index (κ3) is 3.29. The van der Waals surface area contributed by atoms with Crippen LogP contribution in [-0.2, 0) is 0 Å². The lowest BCUT2D eigenvalue weighted by molar-refractivity contribution is 0.474. The average Bonchev–Trinajstić information content (AvgIpc) is 2.71. The van der Waals surface area contributed by atoms with E-state index in [1.807, 2.05) is 11.8 Å². The summed E-state index contributed by atoms with van der Waals surface area (Å²) in [6, 6.07) is 10.7. The third-order valence-electron chi connectivity index (χ3n) is 3.10. The van der Waals surface area contributed by atoms with Crippen molar-refractivity contribution in [2.24, 2.45) is 11.8 Å². The maximum atomic E-state index is 3.60. The minimum absolute atomic E-state index is 0.728. The van der Waals surface area contributed by atoms with Gasteiger partial charge in [0.2, 0.25) is 0 Å². The number of halogens is 1. The van der Waals surface area contributed by atoms with Gasteiger partial charge in [-0.1, -0.05) is 48.0 Å². The summed E-state index contributed by atoms with van der Waals surface area (Å²) in [4.78, 5) is 3.46. The van der Waals surface area contributed by atoms with Gasteiger partial charge in [-0.15, -0.1) is 11.8 Å². The molecule has 1 heterocycles. The number of thioether (sulfide) groups is 1. The molecule has 1 aromatic carbocycles. The Labute approximate surface area is 116 Å². The second-order valence-electron chi connectivity index (χ2n) is 4.69. The fraction of sp³-hybridized carbons (Fsp3) is 0.429. The van der Waals surface area contributed by atoms with Crippen LogP contribution in [0.25, 0.3) is 10.9 Å². The zero-order chi connectivity index (χ0) is 12.3. The van der Waals surface area contributed by atoms with Gasteiger partial charge >= 0.3 is 0 Å². The molecule has 1 atom stereocenters. The van der Waals surface area contributed by atoms with Crippen LogP contribution in [0.4, 0.5) is 0 Å². The smallest absolute Gasteiger partial charge is 0.0732 e. The molecule has 0 aliphatic rings. The van der Waals surface area contributed by atoms with Crippen molar-refractivity contribution in [2.75, 3.05) is 11.1 Å². The Hall–Kier alpha value is -0.410. The van der Waals surface area contributed by atoms with Crippen molar-refractivity contribution in [3.05, 3.63) is 30.3 Å². The Balaban J connectivity index is 2.03. The first-order valence-corrected chi connectivity index (χ1v) is 8.08. The van der Waals surface area contributed by atoms with Crippen LogP contribution in [-0.4, -0.2) is 16.1 Å². The lowest BCUT2D eigenvalue weighted by Gasteiger charge is -2.16. The van der Waals surface area contributed by atoms with Crippen molar-refractivity contribution >= 4 is 38.6 Å². The molecule has 1 unspecified atom stereocenters. The molecule has 92 valence electrons. The highest BCUT2D eigenvalue weighted by molar-refractivity contribution is 9.09. The van der Waals surface area contributed by atoms with E-state index in [-0.39, 0.29) is 0 Å². The van der Waals surface area contributed by atoms with Gasteiger partial charge in [0, 0.05) is 22.0 Å².